The van der Waals surface area contributed by atoms with Crippen molar-refractivity contribution in [1.29, 1.82) is 0 Å². The molecule has 0 aliphatic rings. The van der Waals surface area contributed by atoms with E-state index >= 15 is 0 Å². The Balaban J connectivity index is 2.27. The summed E-state index contributed by atoms with van der Waals surface area (Å²) in [6.07, 6.45) is -4.51. The molecule has 1 amide bonds. The van der Waals surface area contributed by atoms with E-state index in [0.29, 0.717) is 22.8 Å². The molecule has 0 unspecified atom stereocenters. The van der Waals surface area contributed by atoms with E-state index in [1.807, 2.05) is 0 Å². The second kappa shape index (κ2) is 8.20. The minimum Gasteiger partial charge on any atom is -0.493 e. The molecule has 0 aliphatic heterocycles. The van der Waals surface area contributed by atoms with Gasteiger partial charge in [-0.2, -0.15) is 13.2 Å². The number of halogens is 3. The smallest absolute Gasteiger partial charge is 0.416 e. The number of rotatable bonds is 6. The highest BCUT2D eigenvalue weighted by molar-refractivity contribution is 5.94. The quantitative estimate of drug-likeness (QED) is 0.757. The maximum atomic E-state index is 12.9. The maximum absolute atomic E-state index is 12.9. The van der Waals surface area contributed by atoms with Crippen molar-refractivity contribution in [3.63, 3.8) is 0 Å². The van der Waals surface area contributed by atoms with E-state index in [1.54, 1.807) is 12.1 Å². The van der Waals surface area contributed by atoms with Crippen LogP contribution in [0.15, 0.2) is 36.4 Å². The van der Waals surface area contributed by atoms with Crippen LogP contribution in [-0.2, 0) is 12.7 Å². The highest BCUT2D eigenvalue weighted by Gasteiger charge is 2.31. The molecule has 0 aromatic heterocycles. The van der Waals surface area contributed by atoms with Crippen LogP contribution in [0, 0.1) is 0 Å². The van der Waals surface area contributed by atoms with Crippen molar-refractivity contribution in [2.75, 3.05) is 28.4 Å². The largest absolute Gasteiger partial charge is 0.493 e. The van der Waals surface area contributed by atoms with Gasteiger partial charge in [0, 0.05) is 19.2 Å². The highest BCUT2D eigenvalue weighted by Crippen LogP contribution is 2.38. The first kappa shape index (κ1) is 20.4. The molecule has 0 aliphatic carbocycles. The molecule has 0 radical (unpaired) electrons. The Labute approximate surface area is 155 Å². The lowest BCUT2D eigenvalue weighted by Gasteiger charge is -2.20. The Morgan fingerprint density at radius 3 is 2.07 bits per heavy atom. The second-order valence-corrected chi connectivity index (χ2v) is 5.77. The molecular weight excluding hydrogens is 363 g/mol. The van der Waals surface area contributed by atoms with Gasteiger partial charge in [0.2, 0.25) is 5.75 Å². The molecule has 0 fully saturated rings. The van der Waals surface area contributed by atoms with Crippen molar-refractivity contribution in [1.82, 2.24) is 4.90 Å². The first-order valence-corrected chi connectivity index (χ1v) is 7.92. The van der Waals surface area contributed by atoms with Gasteiger partial charge in [0.1, 0.15) is 0 Å². The number of benzene rings is 2. The van der Waals surface area contributed by atoms with Crippen LogP contribution in [0.4, 0.5) is 13.2 Å². The van der Waals surface area contributed by atoms with E-state index in [2.05, 4.69) is 0 Å². The Kier molecular flexibility index (Phi) is 6.20. The molecule has 0 saturated carbocycles. The van der Waals surface area contributed by atoms with Crippen LogP contribution in [0.1, 0.15) is 21.5 Å². The van der Waals surface area contributed by atoms with Gasteiger partial charge in [-0.3, -0.25) is 4.79 Å². The monoisotopic (exact) mass is 383 g/mol. The molecule has 2 aromatic rings. The van der Waals surface area contributed by atoms with Gasteiger partial charge in [-0.25, -0.2) is 0 Å². The predicted octanol–water partition coefficient (Wildman–Crippen LogP) is 4.00. The number of hydrogen-bond donors (Lipinski definition) is 0. The summed E-state index contributed by atoms with van der Waals surface area (Å²) in [6.45, 7) is 0.145. The summed E-state index contributed by atoms with van der Waals surface area (Å²) in [5, 5.41) is 0. The molecule has 146 valence electrons. The third kappa shape index (κ3) is 4.64. The minimum atomic E-state index is -4.51. The van der Waals surface area contributed by atoms with Crippen molar-refractivity contribution in [2.24, 2.45) is 0 Å². The van der Waals surface area contributed by atoms with E-state index in [-0.39, 0.29) is 12.1 Å². The summed E-state index contributed by atoms with van der Waals surface area (Å²) in [6, 6.07) is 7.69. The zero-order chi connectivity index (χ0) is 20.2. The molecule has 27 heavy (non-hydrogen) atoms. The lowest BCUT2D eigenvalue weighted by molar-refractivity contribution is -0.137. The van der Waals surface area contributed by atoms with Crippen LogP contribution >= 0.6 is 0 Å². The van der Waals surface area contributed by atoms with Gasteiger partial charge in [-0.05, 0) is 35.9 Å². The topological polar surface area (TPSA) is 48.0 Å². The van der Waals surface area contributed by atoms with Crippen molar-refractivity contribution in [3.05, 3.63) is 53.1 Å². The summed E-state index contributed by atoms with van der Waals surface area (Å²) in [5.74, 6) is 0.726. The summed E-state index contributed by atoms with van der Waals surface area (Å²) >= 11 is 0. The van der Waals surface area contributed by atoms with Gasteiger partial charge in [-0.15, -0.1) is 0 Å². The number of carbonyl (C=O) groups excluding carboxylic acids is 1. The first-order chi connectivity index (χ1) is 12.7. The van der Waals surface area contributed by atoms with E-state index in [9.17, 15) is 18.0 Å². The molecule has 0 spiro atoms. The fourth-order valence-electron chi connectivity index (χ4n) is 2.62. The third-order valence-corrected chi connectivity index (χ3v) is 3.93. The van der Waals surface area contributed by atoms with Gasteiger partial charge in [0.25, 0.3) is 5.91 Å². The lowest BCUT2D eigenvalue weighted by atomic mass is 10.1. The van der Waals surface area contributed by atoms with Crippen LogP contribution < -0.4 is 14.2 Å². The number of alkyl halides is 3. The Morgan fingerprint density at radius 2 is 1.59 bits per heavy atom. The molecular formula is C19H20F3NO4. The van der Waals surface area contributed by atoms with Crippen LogP contribution in [0.3, 0.4) is 0 Å². The van der Waals surface area contributed by atoms with Crippen molar-refractivity contribution in [3.8, 4) is 17.2 Å². The number of methoxy groups -OCH3 is 3. The van der Waals surface area contributed by atoms with E-state index in [1.165, 1.54) is 45.4 Å². The zero-order valence-electron chi connectivity index (χ0n) is 15.4. The fraction of sp³-hybridized carbons (Fsp3) is 0.316. The zero-order valence-corrected chi connectivity index (χ0v) is 15.4. The van der Waals surface area contributed by atoms with Crippen molar-refractivity contribution < 1.29 is 32.2 Å². The van der Waals surface area contributed by atoms with Crippen LogP contribution in [0.25, 0.3) is 0 Å². The standard InChI is InChI=1S/C19H20F3NO4/c1-23(18(24)13-6-5-7-14(10-13)19(20,21)22)11-12-8-15(25-2)17(27-4)16(9-12)26-3/h5-10H,11H2,1-4H3. The molecule has 0 heterocycles. The summed E-state index contributed by atoms with van der Waals surface area (Å²) in [7, 11) is 5.92. The van der Waals surface area contributed by atoms with Crippen molar-refractivity contribution >= 4 is 5.91 Å². The number of hydrogen-bond acceptors (Lipinski definition) is 4. The number of carbonyl (C=O) groups is 1. The fourth-order valence-corrected chi connectivity index (χ4v) is 2.62. The van der Waals surface area contributed by atoms with Crippen molar-refractivity contribution in [2.45, 2.75) is 12.7 Å². The van der Waals surface area contributed by atoms with Gasteiger partial charge in [0.05, 0.1) is 26.9 Å². The Hall–Kier alpha value is -2.90. The van der Waals surface area contributed by atoms with Gasteiger partial charge < -0.3 is 19.1 Å². The molecule has 2 rings (SSSR count). The third-order valence-electron chi connectivity index (χ3n) is 3.93. The van der Waals surface area contributed by atoms with Crippen LogP contribution in [0.5, 0.6) is 17.2 Å². The maximum Gasteiger partial charge on any atom is 0.416 e. The molecule has 8 heteroatoms. The molecule has 5 nitrogen and oxygen atoms in total. The minimum absolute atomic E-state index is 0.0419. The number of amides is 1. The van der Waals surface area contributed by atoms with Crippen LogP contribution in [0.2, 0.25) is 0 Å². The molecule has 2 aromatic carbocycles. The van der Waals surface area contributed by atoms with Gasteiger partial charge in [0.15, 0.2) is 11.5 Å². The highest BCUT2D eigenvalue weighted by atomic mass is 19.4. The normalized spacial score (nSPS) is 11.1. The second-order valence-electron chi connectivity index (χ2n) is 5.77. The molecule has 0 saturated heterocycles. The predicted molar refractivity (Wildman–Crippen MR) is 93.3 cm³/mol. The Morgan fingerprint density at radius 1 is 1.00 bits per heavy atom. The average molecular weight is 383 g/mol. The summed E-state index contributed by atoms with van der Waals surface area (Å²) in [4.78, 5) is 13.8. The lowest BCUT2D eigenvalue weighted by Crippen LogP contribution is -2.26. The van der Waals surface area contributed by atoms with E-state index < -0.39 is 17.6 Å². The summed E-state index contributed by atoms with van der Waals surface area (Å²) < 4.78 is 54.3. The SMILES string of the molecule is COc1cc(CN(C)C(=O)c2cccc(C(F)(F)F)c2)cc(OC)c1OC. The van der Waals surface area contributed by atoms with Crippen LogP contribution in [-0.4, -0.2) is 39.2 Å². The Bertz CT molecular complexity index is 796. The van der Waals surface area contributed by atoms with Gasteiger partial charge >= 0.3 is 6.18 Å². The van der Waals surface area contributed by atoms with Gasteiger partial charge in [-0.1, -0.05) is 6.07 Å². The molecule has 0 atom stereocenters. The molecule has 0 N–H and O–H groups in total. The molecule has 0 bridgehead atoms. The average Bonchev–Trinajstić information content (AvgIpc) is 2.65. The summed E-state index contributed by atoms with van der Waals surface area (Å²) in [5.41, 5.74) is -0.235. The number of ether oxygens (including phenoxy) is 3. The van der Waals surface area contributed by atoms with E-state index in [0.717, 1.165) is 12.1 Å². The number of nitrogens with zero attached hydrogens (tertiary/aromatic N) is 1. The van der Waals surface area contributed by atoms with E-state index in [4.69, 9.17) is 14.2 Å². The first-order valence-electron chi connectivity index (χ1n) is 7.92.